The number of carbonyl (C=O) groups excluding carboxylic acids is 2. The molecule has 0 aliphatic carbocycles. The Morgan fingerprint density at radius 2 is 2.14 bits per heavy atom. The van der Waals surface area contributed by atoms with Crippen LogP contribution < -0.4 is 25.6 Å². The van der Waals surface area contributed by atoms with Gasteiger partial charge in [0.1, 0.15) is 16.0 Å². The number of urea groups is 1. The predicted octanol–water partition coefficient (Wildman–Crippen LogP) is 3.22. The minimum Gasteiger partial charge on any atom is -0.438 e. The average molecular weight is 504 g/mol. The second kappa shape index (κ2) is 9.40. The molecule has 3 atom stereocenters. The van der Waals surface area contributed by atoms with Crippen LogP contribution in [0.3, 0.4) is 0 Å². The van der Waals surface area contributed by atoms with E-state index >= 15 is 0 Å². The smallest absolute Gasteiger partial charge is 0.327 e. The van der Waals surface area contributed by atoms with E-state index in [2.05, 4.69) is 31.1 Å². The predicted molar refractivity (Wildman–Crippen MR) is 135 cm³/mol. The van der Waals surface area contributed by atoms with Crippen LogP contribution in [-0.2, 0) is 4.79 Å². The molecule has 3 aromatic rings. The van der Waals surface area contributed by atoms with Crippen LogP contribution in [0.1, 0.15) is 30.0 Å². The summed E-state index contributed by atoms with van der Waals surface area (Å²) in [5, 5.41) is 17.6. The molecule has 3 aliphatic rings. The van der Waals surface area contributed by atoms with Gasteiger partial charge in [0, 0.05) is 36.6 Å². The lowest BCUT2D eigenvalue weighted by Crippen LogP contribution is -2.52. The molecule has 11 heteroatoms. The number of carbonyl (C=O) groups is 2. The van der Waals surface area contributed by atoms with E-state index in [1.807, 2.05) is 25.1 Å². The van der Waals surface area contributed by atoms with E-state index < -0.39 is 11.3 Å². The molecule has 6 rings (SSSR count). The summed E-state index contributed by atoms with van der Waals surface area (Å²) in [7, 11) is 0. The van der Waals surface area contributed by atoms with E-state index in [0.717, 1.165) is 53.5 Å². The summed E-state index contributed by atoms with van der Waals surface area (Å²) in [6.45, 7) is 3.66. The third-order valence-electron chi connectivity index (χ3n) is 6.59. The molecule has 10 nitrogen and oxygen atoms in total. The fraction of sp³-hybridized carbons (Fsp3) is 0.320. The third kappa shape index (κ3) is 4.14. The van der Waals surface area contributed by atoms with Gasteiger partial charge in [-0.05, 0) is 62.2 Å². The first-order chi connectivity index (χ1) is 17.6. The Morgan fingerprint density at radius 1 is 1.22 bits per heavy atom. The fourth-order valence-corrected chi connectivity index (χ4v) is 6.16. The molecular formula is C25H25N7O3S. The van der Waals surface area contributed by atoms with Crippen molar-refractivity contribution in [3.63, 3.8) is 0 Å². The monoisotopic (exact) mass is 503 g/mol. The van der Waals surface area contributed by atoms with Crippen molar-refractivity contribution >= 4 is 35.1 Å². The van der Waals surface area contributed by atoms with Gasteiger partial charge in [0.25, 0.3) is 0 Å². The van der Waals surface area contributed by atoms with E-state index in [0.29, 0.717) is 11.6 Å². The van der Waals surface area contributed by atoms with Crippen molar-refractivity contribution in [2.24, 2.45) is 0 Å². The van der Waals surface area contributed by atoms with E-state index in [4.69, 9.17) is 4.74 Å². The molecule has 1 aromatic carbocycles. The zero-order chi connectivity index (χ0) is 24.6. The first-order valence-electron chi connectivity index (χ1n) is 11.9. The van der Waals surface area contributed by atoms with Gasteiger partial charge in [-0.1, -0.05) is 11.8 Å². The standard InChI is InChI=1S/C25H25N7O3S/c1-14-12-16(35-19-5-3-10-28-31-19)6-7-17(14)32-18-8-11-27-24-20(18)21(30-25(32)34)22(36-24)23(33)29-15-4-2-9-26-13-15/h3,5-8,10-12,15,21-22,26H,2,4,9,13H2,1H3,(H,29,33)(H,30,34)/t15?,21?,22-/m1/s1. The Bertz CT molecular complexity index is 1320. The number of amides is 3. The van der Waals surface area contributed by atoms with Gasteiger partial charge in [0.2, 0.25) is 11.8 Å². The Kier molecular flexibility index (Phi) is 5.94. The molecule has 1 saturated heterocycles. The summed E-state index contributed by atoms with van der Waals surface area (Å²) in [6, 6.07) is 10.2. The zero-order valence-corrected chi connectivity index (χ0v) is 20.4. The number of anilines is 2. The number of thioether (sulfide) groups is 1. The minimum atomic E-state index is -0.467. The van der Waals surface area contributed by atoms with Crippen molar-refractivity contribution in [3.05, 3.63) is 59.9 Å². The van der Waals surface area contributed by atoms with Gasteiger partial charge in [0.15, 0.2) is 0 Å². The van der Waals surface area contributed by atoms with E-state index in [1.165, 1.54) is 11.8 Å². The molecule has 3 N–H and O–H groups in total. The average Bonchev–Trinajstić information content (AvgIpc) is 3.26. The molecule has 0 saturated carbocycles. The topological polar surface area (TPSA) is 121 Å². The van der Waals surface area contributed by atoms with E-state index in [1.54, 1.807) is 35.5 Å². The Morgan fingerprint density at radius 3 is 2.92 bits per heavy atom. The number of rotatable bonds is 5. The summed E-state index contributed by atoms with van der Waals surface area (Å²) < 4.78 is 5.79. The molecule has 2 aromatic heterocycles. The molecular weight excluding hydrogens is 478 g/mol. The molecule has 3 amide bonds. The summed E-state index contributed by atoms with van der Waals surface area (Å²) in [6.07, 6.45) is 5.26. The van der Waals surface area contributed by atoms with Gasteiger partial charge in [-0.25, -0.2) is 9.78 Å². The van der Waals surface area contributed by atoms with Crippen LogP contribution in [0.4, 0.5) is 16.2 Å². The molecule has 3 aliphatic heterocycles. The zero-order valence-electron chi connectivity index (χ0n) is 19.6. The highest BCUT2D eigenvalue weighted by Gasteiger charge is 2.47. The maximum Gasteiger partial charge on any atom is 0.327 e. The fourth-order valence-electron chi connectivity index (χ4n) is 4.93. The number of benzene rings is 1. The number of hydrogen-bond donors (Lipinski definition) is 3. The maximum atomic E-state index is 13.4. The number of nitrogens with zero attached hydrogens (tertiary/aromatic N) is 4. The highest BCUT2D eigenvalue weighted by Crippen LogP contribution is 2.51. The van der Waals surface area contributed by atoms with Crippen LogP contribution in [0.25, 0.3) is 0 Å². The van der Waals surface area contributed by atoms with Crippen molar-refractivity contribution in [1.82, 2.24) is 31.1 Å². The first-order valence-corrected chi connectivity index (χ1v) is 12.8. The van der Waals surface area contributed by atoms with Gasteiger partial charge >= 0.3 is 6.03 Å². The summed E-state index contributed by atoms with van der Waals surface area (Å²) in [4.78, 5) is 32.8. The SMILES string of the molecule is Cc1cc(Oc2cccnn2)ccc1N1C(=O)NC2c3c1ccnc3S[C@H]2C(=O)NC1CCCNC1. The molecule has 184 valence electrons. The minimum absolute atomic E-state index is 0.0712. The number of ether oxygens (including phenoxy) is 1. The van der Waals surface area contributed by atoms with Crippen molar-refractivity contribution in [1.29, 1.82) is 0 Å². The molecule has 2 unspecified atom stereocenters. The maximum absolute atomic E-state index is 13.4. The highest BCUT2D eigenvalue weighted by molar-refractivity contribution is 8.01. The van der Waals surface area contributed by atoms with Crippen LogP contribution in [0.2, 0.25) is 0 Å². The summed E-state index contributed by atoms with van der Waals surface area (Å²) >= 11 is 1.41. The van der Waals surface area contributed by atoms with Crippen LogP contribution in [0.5, 0.6) is 11.6 Å². The van der Waals surface area contributed by atoms with Crippen molar-refractivity contribution in [2.75, 3.05) is 18.0 Å². The molecule has 1 fully saturated rings. The van der Waals surface area contributed by atoms with Crippen molar-refractivity contribution in [2.45, 2.75) is 42.1 Å². The van der Waals surface area contributed by atoms with E-state index in [-0.39, 0.29) is 18.0 Å². The second-order valence-corrected chi connectivity index (χ2v) is 10.1. The van der Waals surface area contributed by atoms with Crippen molar-refractivity contribution < 1.29 is 14.3 Å². The Labute approximate surface area is 212 Å². The highest BCUT2D eigenvalue weighted by atomic mass is 32.2. The molecule has 5 heterocycles. The normalized spacial score (nSPS) is 22.5. The molecule has 0 bridgehead atoms. The summed E-state index contributed by atoms with van der Waals surface area (Å²) in [5.74, 6) is 0.912. The molecule has 0 radical (unpaired) electrons. The Balaban J connectivity index is 1.27. The van der Waals surface area contributed by atoms with Gasteiger partial charge < -0.3 is 20.7 Å². The molecule has 36 heavy (non-hydrogen) atoms. The lowest BCUT2D eigenvalue weighted by atomic mass is 9.99. The van der Waals surface area contributed by atoms with E-state index in [9.17, 15) is 9.59 Å². The molecule has 0 spiro atoms. The number of nitrogens with one attached hydrogen (secondary N) is 3. The first kappa shape index (κ1) is 22.7. The van der Waals surface area contributed by atoms with Crippen LogP contribution in [0.15, 0.2) is 53.8 Å². The number of hydrogen-bond acceptors (Lipinski definition) is 8. The Hall–Kier alpha value is -3.70. The van der Waals surface area contributed by atoms with Gasteiger partial charge in [-0.3, -0.25) is 9.69 Å². The second-order valence-electron chi connectivity index (χ2n) is 9.01. The van der Waals surface area contributed by atoms with Gasteiger partial charge in [0.05, 0.1) is 17.4 Å². The van der Waals surface area contributed by atoms with Gasteiger partial charge in [-0.15, -0.1) is 5.10 Å². The van der Waals surface area contributed by atoms with Crippen LogP contribution in [-0.4, -0.2) is 51.5 Å². The largest absolute Gasteiger partial charge is 0.438 e. The van der Waals surface area contributed by atoms with Gasteiger partial charge in [-0.2, -0.15) is 5.10 Å². The number of aryl methyl sites for hydroxylation is 1. The van der Waals surface area contributed by atoms with Crippen LogP contribution in [0, 0.1) is 6.92 Å². The van der Waals surface area contributed by atoms with Crippen LogP contribution >= 0.6 is 11.8 Å². The quantitative estimate of drug-likeness (QED) is 0.485. The lowest BCUT2D eigenvalue weighted by molar-refractivity contribution is -0.121. The lowest BCUT2D eigenvalue weighted by Gasteiger charge is -2.35. The van der Waals surface area contributed by atoms with Crippen molar-refractivity contribution in [3.8, 4) is 11.6 Å². The summed E-state index contributed by atoms with van der Waals surface area (Å²) in [5.41, 5.74) is 3.18. The third-order valence-corrected chi connectivity index (χ3v) is 7.88. The number of pyridine rings is 1. The number of aromatic nitrogens is 3. The number of piperidine rings is 1.